The van der Waals surface area contributed by atoms with Gasteiger partial charge in [-0.15, -0.1) is 0 Å². The molecule has 0 N–H and O–H groups in total. The summed E-state index contributed by atoms with van der Waals surface area (Å²) in [4.78, 5) is 0. The van der Waals surface area contributed by atoms with Crippen LogP contribution in [0.15, 0.2) is 48.5 Å². The fourth-order valence-corrected chi connectivity index (χ4v) is 6.53. The average molecular weight is 421 g/mol. The number of hydrogen-bond acceptors (Lipinski definition) is 0. The Balaban J connectivity index is 1.23. The van der Waals surface area contributed by atoms with Crippen LogP contribution in [0.3, 0.4) is 0 Å². The van der Waals surface area contributed by atoms with Gasteiger partial charge in [0.25, 0.3) is 0 Å². The summed E-state index contributed by atoms with van der Waals surface area (Å²) in [6, 6.07) is 17.1. The molecule has 0 aliphatic heterocycles. The zero-order valence-corrected chi connectivity index (χ0v) is 19.7. The lowest BCUT2D eigenvalue weighted by molar-refractivity contribution is 0.154. The second kappa shape index (κ2) is 10.8. The summed E-state index contributed by atoms with van der Waals surface area (Å²) < 4.78 is 14.4. The lowest BCUT2D eigenvalue weighted by atomic mass is 9.67. The van der Waals surface area contributed by atoms with E-state index < -0.39 is 0 Å². The van der Waals surface area contributed by atoms with E-state index in [0.717, 1.165) is 36.2 Å². The van der Waals surface area contributed by atoms with Crippen molar-refractivity contribution in [3.8, 4) is 0 Å². The van der Waals surface area contributed by atoms with Gasteiger partial charge in [0, 0.05) is 0 Å². The lowest BCUT2D eigenvalue weighted by Crippen LogP contribution is -2.26. The standard InChI is InChI=1S/C30H41F/c1-3-7-28-18-19-29(21-30(28)31)27-16-14-26(15-17-27)25-12-10-23(11-13-25)20-22(2)24-8-5-4-6-9-24/h4-6,8-9,18-19,21-23,25-27H,3,7,10-17,20H2,1-2H3/t22-,23?,25?,26?,27?/m1/s1. The first-order valence-corrected chi connectivity index (χ1v) is 13.0. The molecule has 1 heteroatoms. The van der Waals surface area contributed by atoms with E-state index in [1.165, 1.54) is 68.9 Å². The maximum Gasteiger partial charge on any atom is 0.126 e. The highest BCUT2D eigenvalue weighted by molar-refractivity contribution is 5.27. The van der Waals surface area contributed by atoms with Crippen molar-refractivity contribution in [2.45, 2.75) is 96.3 Å². The highest BCUT2D eigenvalue weighted by Crippen LogP contribution is 2.45. The lowest BCUT2D eigenvalue weighted by Gasteiger charge is -2.38. The molecule has 0 saturated heterocycles. The van der Waals surface area contributed by atoms with Gasteiger partial charge in [0.1, 0.15) is 5.82 Å². The van der Waals surface area contributed by atoms with Crippen LogP contribution in [0.1, 0.15) is 107 Å². The minimum absolute atomic E-state index is 0.0181. The third-order valence-electron chi connectivity index (χ3n) is 8.45. The van der Waals surface area contributed by atoms with Crippen LogP contribution >= 0.6 is 0 Å². The molecule has 0 unspecified atom stereocenters. The fraction of sp³-hybridized carbons (Fsp3) is 0.600. The molecule has 0 heterocycles. The van der Waals surface area contributed by atoms with Gasteiger partial charge in [-0.05, 0) is 104 Å². The number of aryl methyl sites for hydroxylation is 1. The molecule has 2 saturated carbocycles. The van der Waals surface area contributed by atoms with Crippen molar-refractivity contribution in [1.82, 2.24) is 0 Å². The van der Waals surface area contributed by atoms with Crippen LogP contribution < -0.4 is 0 Å². The van der Waals surface area contributed by atoms with Gasteiger partial charge in [-0.1, -0.05) is 75.6 Å². The van der Waals surface area contributed by atoms with Crippen molar-refractivity contribution >= 4 is 0 Å². The second-order valence-corrected chi connectivity index (χ2v) is 10.5. The Morgan fingerprint density at radius 3 is 2.10 bits per heavy atom. The maximum absolute atomic E-state index is 14.4. The van der Waals surface area contributed by atoms with Gasteiger partial charge in [0.15, 0.2) is 0 Å². The first-order valence-electron chi connectivity index (χ1n) is 13.0. The molecule has 0 radical (unpaired) electrons. The van der Waals surface area contributed by atoms with Crippen LogP contribution in [0, 0.1) is 23.6 Å². The summed E-state index contributed by atoms with van der Waals surface area (Å²) in [5, 5.41) is 0. The molecule has 2 aliphatic rings. The van der Waals surface area contributed by atoms with E-state index in [4.69, 9.17) is 0 Å². The molecule has 4 rings (SSSR count). The summed E-state index contributed by atoms with van der Waals surface area (Å²) in [6.07, 6.45) is 14.1. The topological polar surface area (TPSA) is 0 Å². The Labute approximate surface area is 189 Å². The second-order valence-electron chi connectivity index (χ2n) is 10.5. The van der Waals surface area contributed by atoms with E-state index >= 15 is 0 Å². The van der Waals surface area contributed by atoms with Gasteiger partial charge < -0.3 is 0 Å². The smallest absolute Gasteiger partial charge is 0.126 e. The van der Waals surface area contributed by atoms with Gasteiger partial charge >= 0.3 is 0 Å². The Morgan fingerprint density at radius 2 is 1.48 bits per heavy atom. The maximum atomic E-state index is 14.4. The van der Waals surface area contributed by atoms with E-state index in [2.05, 4.69) is 50.2 Å². The molecular weight excluding hydrogens is 379 g/mol. The fourth-order valence-electron chi connectivity index (χ4n) is 6.53. The molecule has 0 spiro atoms. The Bertz CT molecular complexity index is 794. The zero-order valence-electron chi connectivity index (χ0n) is 19.7. The predicted molar refractivity (Wildman–Crippen MR) is 130 cm³/mol. The molecule has 0 bridgehead atoms. The van der Waals surface area contributed by atoms with Crippen LogP contribution in [0.4, 0.5) is 4.39 Å². The molecule has 1 atom stereocenters. The van der Waals surface area contributed by atoms with Crippen molar-refractivity contribution in [1.29, 1.82) is 0 Å². The van der Waals surface area contributed by atoms with Gasteiger partial charge in [-0.2, -0.15) is 0 Å². The molecular formula is C30H41F. The van der Waals surface area contributed by atoms with Gasteiger partial charge in [-0.25, -0.2) is 4.39 Å². The summed E-state index contributed by atoms with van der Waals surface area (Å²) in [6.45, 7) is 4.52. The Kier molecular flexibility index (Phi) is 7.86. The Hall–Kier alpha value is -1.63. The molecule has 0 amide bonds. The zero-order chi connectivity index (χ0) is 21.6. The van der Waals surface area contributed by atoms with E-state index in [0.29, 0.717) is 11.8 Å². The van der Waals surface area contributed by atoms with E-state index in [9.17, 15) is 4.39 Å². The van der Waals surface area contributed by atoms with Crippen molar-refractivity contribution in [2.75, 3.05) is 0 Å². The molecule has 31 heavy (non-hydrogen) atoms. The minimum atomic E-state index is 0.0181. The summed E-state index contributed by atoms with van der Waals surface area (Å²) in [5.74, 6) is 4.03. The quantitative estimate of drug-likeness (QED) is 0.419. The van der Waals surface area contributed by atoms with Gasteiger partial charge in [0.05, 0.1) is 0 Å². The summed E-state index contributed by atoms with van der Waals surface area (Å²) >= 11 is 0. The normalized spacial score (nSPS) is 27.7. The van der Waals surface area contributed by atoms with Crippen LogP contribution in [0.5, 0.6) is 0 Å². The highest BCUT2D eigenvalue weighted by atomic mass is 19.1. The van der Waals surface area contributed by atoms with Gasteiger partial charge in [0.2, 0.25) is 0 Å². The van der Waals surface area contributed by atoms with Crippen LogP contribution in [-0.4, -0.2) is 0 Å². The molecule has 168 valence electrons. The highest BCUT2D eigenvalue weighted by Gasteiger charge is 2.31. The third-order valence-corrected chi connectivity index (χ3v) is 8.45. The van der Waals surface area contributed by atoms with E-state index in [-0.39, 0.29) is 5.82 Å². The number of halogens is 1. The number of hydrogen-bond donors (Lipinski definition) is 0. The van der Waals surface area contributed by atoms with Crippen LogP contribution in [0.25, 0.3) is 0 Å². The van der Waals surface area contributed by atoms with Crippen molar-refractivity contribution in [2.24, 2.45) is 17.8 Å². The number of benzene rings is 2. The molecule has 0 nitrogen and oxygen atoms in total. The molecule has 0 aromatic heterocycles. The van der Waals surface area contributed by atoms with Crippen molar-refractivity contribution < 1.29 is 4.39 Å². The first-order chi connectivity index (χ1) is 15.1. The summed E-state index contributed by atoms with van der Waals surface area (Å²) in [5.41, 5.74) is 3.63. The van der Waals surface area contributed by atoms with E-state index in [1.807, 2.05) is 12.1 Å². The first kappa shape index (κ1) is 22.6. The predicted octanol–water partition coefficient (Wildman–Crippen LogP) is 9.05. The summed E-state index contributed by atoms with van der Waals surface area (Å²) in [7, 11) is 0. The van der Waals surface area contributed by atoms with Crippen molar-refractivity contribution in [3.05, 3.63) is 71.0 Å². The monoisotopic (exact) mass is 420 g/mol. The molecule has 2 aromatic rings. The SMILES string of the molecule is CCCc1ccc(C2CCC(C3CCC(C[C@@H](C)c4ccccc4)CC3)CC2)cc1F. The largest absolute Gasteiger partial charge is 0.207 e. The molecule has 2 fully saturated rings. The minimum Gasteiger partial charge on any atom is -0.207 e. The van der Waals surface area contributed by atoms with Gasteiger partial charge in [-0.3, -0.25) is 0 Å². The Morgan fingerprint density at radius 1 is 0.839 bits per heavy atom. The van der Waals surface area contributed by atoms with Crippen LogP contribution in [-0.2, 0) is 6.42 Å². The van der Waals surface area contributed by atoms with Crippen LogP contribution in [0.2, 0.25) is 0 Å². The third kappa shape index (κ3) is 5.79. The average Bonchev–Trinajstić information content (AvgIpc) is 2.82. The van der Waals surface area contributed by atoms with Crippen molar-refractivity contribution in [3.63, 3.8) is 0 Å². The van der Waals surface area contributed by atoms with E-state index in [1.54, 1.807) is 0 Å². The molecule has 2 aromatic carbocycles. The molecule has 2 aliphatic carbocycles. The number of rotatable bonds is 7.